The Kier molecular flexibility index (Phi) is 4.94. The number of rotatable bonds is 4. The minimum Gasteiger partial charge on any atom is -0.442 e. The van der Waals surface area contributed by atoms with Crippen LogP contribution in [0.3, 0.4) is 0 Å². The fourth-order valence-corrected chi connectivity index (χ4v) is 3.76. The van der Waals surface area contributed by atoms with Crippen molar-refractivity contribution in [3.8, 4) is 0 Å². The Labute approximate surface area is 147 Å². The first-order chi connectivity index (χ1) is 11.9. The molecule has 0 bridgehead atoms. The Morgan fingerprint density at radius 1 is 1.36 bits per heavy atom. The molecule has 1 N–H and O–H groups in total. The zero-order chi connectivity index (χ0) is 18.1. The molecule has 0 aromatic carbocycles. The van der Waals surface area contributed by atoms with E-state index in [4.69, 9.17) is 4.42 Å². The summed E-state index contributed by atoms with van der Waals surface area (Å²) in [5.74, 6) is 0.140. The maximum atomic E-state index is 12.6. The molecule has 2 atom stereocenters. The van der Waals surface area contributed by atoms with Gasteiger partial charge in [-0.25, -0.2) is 4.98 Å². The van der Waals surface area contributed by atoms with Crippen LogP contribution in [0.1, 0.15) is 49.2 Å². The second kappa shape index (κ2) is 7.00. The van der Waals surface area contributed by atoms with Crippen molar-refractivity contribution in [2.75, 3.05) is 13.1 Å². The number of piperidine rings is 1. The summed E-state index contributed by atoms with van der Waals surface area (Å²) in [5, 5.41) is 3.19. The van der Waals surface area contributed by atoms with Crippen LogP contribution < -0.4 is 10.9 Å². The molecule has 1 aliphatic rings. The molecule has 1 amide bonds. The molecule has 3 heterocycles. The van der Waals surface area contributed by atoms with Crippen LogP contribution in [0.5, 0.6) is 0 Å². The number of carbonyl (C=O) groups is 1. The van der Waals surface area contributed by atoms with E-state index < -0.39 is 0 Å². The van der Waals surface area contributed by atoms with Gasteiger partial charge in [-0.15, -0.1) is 0 Å². The third kappa shape index (κ3) is 3.33. The standard InChI is InChI=1S/C18H26N4O3/c1-11-6-5-7-12(2)22(11)9-8-19-16(23)14-13(3)25-17-15(14)18(24)21(4)10-20-17/h10-12H,5-9H2,1-4H3,(H,19,23)/t11-,12-/m0/s1. The lowest BCUT2D eigenvalue weighted by Crippen LogP contribution is -2.47. The topological polar surface area (TPSA) is 80.4 Å². The second-order valence-electron chi connectivity index (χ2n) is 7.00. The van der Waals surface area contributed by atoms with Gasteiger partial charge in [0.1, 0.15) is 17.5 Å². The largest absolute Gasteiger partial charge is 0.442 e. The lowest BCUT2D eigenvalue weighted by Gasteiger charge is -2.39. The van der Waals surface area contributed by atoms with Crippen LogP contribution in [0, 0.1) is 6.92 Å². The van der Waals surface area contributed by atoms with Gasteiger partial charge in [0.05, 0.1) is 5.56 Å². The van der Waals surface area contributed by atoms with Gasteiger partial charge in [0.2, 0.25) is 5.71 Å². The first-order valence-electron chi connectivity index (χ1n) is 8.88. The summed E-state index contributed by atoms with van der Waals surface area (Å²) in [5.41, 5.74) is 0.234. The number of likely N-dealkylation sites (tertiary alicyclic amines) is 1. The first-order valence-corrected chi connectivity index (χ1v) is 8.88. The van der Waals surface area contributed by atoms with Crippen molar-refractivity contribution in [1.29, 1.82) is 0 Å². The monoisotopic (exact) mass is 346 g/mol. The van der Waals surface area contributed by atoms with Gasteiger partial charge in [-0.1, -0.05) is 6.42 Å². The third-order valence-corrected chi connectivity index (χ3v) is 5.21. The molecule has 0 radical (unpaired) electrons. The molecule has 1 fully saturated rings. The predicted molar refractivity (Wildman–Crippen MR) is 95.8 cm³/mol. The van der Waals surface area contributed by atoms with E-state index in [2.05, 4.69) is 29.0 Å². The molecule has 7 heteroatoms. The van der Waals surface area contributed by atoms with E-state index >= 15 is 0 Å². The summed E-state index contributed by atoms with van der Waals surface area (Å²) in [6.07, 6.45) is 5.06. The molecule has 0 unspecified atom stereocenters. The Morgan fingerprint density at radius 3 is 2.72 bits per heavy atom. The van der Waals surface area contributed by atoms with E-state index in [0.717, 1.165) is 6.54 Å². The van der Waals surface area contributed by atoms with Crippen LogP contribution in [0.15, 0.2) is 15.5 Å². The zero-order valence-corrected chi connectivity index (χ0v) is 15.3. The summed E-state index contributed by atoms with van der Waals surface area (Å²) < 4.78 is 6.84. The molecule has 25 heavy (non-hydrogen) atoms. The number of hydrogen-bond donors (Lipinski definition) is 1. The number of aromatic nitrogens is 2. The van der Waals surface area contributed by atoms with Gasteiger partial charge >= 0.3 is 0 Å². The van der Waals surface area contributed by atoms with Gasteiger partial charge in [0.25, 0.3) is 11.5 Å². The number of hydrogen-bond acceptors (Lipinski definition) is 5. The van der Waals surface area contributed by atoms with Crippen molar-refractivity contribution in [1.82, 2.24) is 19.8 Å². The van der Waals surface area contributed by atoms with Crippen molar-refractivity contribution in [3.05, 3.63) is 28.0 Å². The number of nitrogens with one attached hydrogen (secondary N) is 1. The number of nitrogens with zero attached hydrogens (tertiary/aromatic N) is 3. The molecule has 1 saturated heterocycles. The van der Waals surface area contributed by atoms with Crippen LogP contribution >= 0.6 is 0 Å². The van der Waals surface area contributed by atoms with E-state index in [1.165, 1.54) is 30.2 Å². The van der Waals surface area contributed by atoms with Gasteiger partial charge in [-0.2, -0.15) is 0 Å². The van der Waals surface area contributed by atoms with E-state index in [0.29, 0.717) is 30.0 Å². The fourth-order valence-electron chi connectivity index (χ4n) is 3.76. The number of aryl methyl sites for hydroxylation is 2. The number of fused-ring (bicyclic) bond motifs is 1. The molecule has 0 spiro atoms. The van der Waals surface area contributed by atoms with Crippen molar-refractivity contribution in [2.24, 2.45) is 7.05 Å². The van der Waals surface area contributed by atoms with Gasteiger partial charge in [-0.3, -0.25) is 14.5 Å². The Morgan fingerprint density at radius 2 is 2.04 bits per heavy atom. The lowest BCUT2D eigenvalue weighted by molar-refractivity contribution is 0.0889. The Bertz CT molecular complexity index is 829. The molecule has 2 aromatic rings. The molecule has 136 valence electrons. The third-order valence-electron chi connectivity index (χ3n) is 5.21. The highest BCUT2D eigenvalue weighted by atomic mass is 16.3. The van der Waals surface area contributed by atoms with Gasteiger partial charge in [-0.05, 0) is 33.6 Å². The number of furan rings is 1. The Hall–Kier alpha value is -2.15. The quantitative estimate of drug-likeness (QED) is 0.913. The van der Waals surface area contributed by atoms with Crippen molar-refractivity contribution < 1.29 is 9.21 Å². The minimum absolute atomic E-state index is 0.212. The maximum absolute atomic E-state index is 12.6. The minimum atomic E-state index is -0.279. The van der Waals surface area contributed by atoms with E-state index in [-0.39, 0.29) is 22.6 Å². The SMILES string of the molecule is Cc1oc2ncn(C)c(=O)c2c1C(=O)NCCN1[C@@H](C)CCC[C@@H]1C. The molecular weight excluding hydrogens is 320 g/mol. The van der Waals surface area contributed by atoms with Gasteiger partial charge in [0.15, 0.2) is 0 Å². The second-order valence-corrected chi connectivity index (χ2v) is 7.00. The summed E-state index contributed by atoms with van der Waals surface area (Å²) in [7, 11) is 1.61. The molecule has 0 aliphatic carbocycles. The van der Waals surface area contributed by atoms with Crippen LogP contribution in [0.2, 0.25) is 0 Å². The van der Waals surface area contributed by atoms with Crippen LogP contribution in [-0.2, 0) is 7.05 Å². The molecule has 1 aliphatic heterocycles. The zero-order valence-electron chi connectivity index (χ0n) is 15.3. The van der Waals surface area contributed by atoms with Crippen LogP contribution in [0.4, 0.5) is 0 Å². The summed E-state index contributed by atoms with van der Waals surface area (Å²) in [6.45, 7) is 7.51. The predicted octanol–water partition coefficient (Wildman–Crippen LogP) is 1.83. The van der Waals surface area contributed by atoms with E-state index in [1.54, 1.807) is 14.0 Å². The maximum Gasteiger partial charge on any atom is 0.265 e. The first kappa shape index (κ1) is 17.7. The molecule has 3 rings (SSSR count). The van der Waals surface area contributed by atoms with Crippen molar-refractivity contribution in [2.45, 2.75) is 52.1 Å². The van der Waals surface area contributed by atoms with Crippen molar-refractivity contribution >= 4 is 17.0 Å². The van der Waals surface area contributed by atoms with Gasteiger partial charge < -0.3 is 14.3 Å². The number of carbonyl (C=O) groups excluding carboxylic acids is 1. The molecular formula is C18H26N4O3. The summed E-state index contributed by atoms with van der Waals surface area (Å²) >= 11 is 0. The molecule has 2 aromatic heterocycles. The summed E-state index contributed by atoms with van der Waals surface area (Å²) in [4.78, 5) is 31.5. The fraction of sp³-hybridized carbons (Fsp3) is 0.611. The van der Waals surface area contributed by atoms with Gasteiger partial charge in [0, 0.05) is 32.2 Å². The lowest BCUT2D eigenvalue weighted by atomic mass is 9.98. The van der Waals surface area contributed by atoms with E-state index in [9.17, 15) is 9.59 Å². The van der Waals surface area contributed by atoms with Crippen LogP contribution in [-0.4, -0.2) is 45.5 Å². The van der Waals surface area contributed by atoms with Crippen molar-refractivity contribution in [3.63, 3.8) is 0 Å². The highest BCUT2D eigenvalue weighted by molar-refractivity contribution is 6.06. The smallest absolute Gasteiger partial charge is 0.265 e. The molecule has 7 nitrogen and oxygen atoms in total. The Balaban J connectivity index is 1.74. The highest BCUT2D eigenvalue weighted by Crippen LogP contribution is 2.22. The average Bonchev–Trinajstić information content (AvgIpc) is 2.90. The number of amides is 1. The van der Waals surface area contributed by atoms with Crippen LogP contribution in [0.25, 0.3) is 11.1 Å². The van der Waals surface area contributed by atoms with E-state index in [1.807, 2.05) is 0 Å². The highest BCUT2D eigenvalue weighted by Gasteiger charge is 2.25. The molecule has 0 saturated carbocycles. The summed E-state index contributed by atoms with van der Waals surface area (Å²) in [6, 6.07) is 1.07. The average molecular weight is 346 g/mol. The normalized spacial score (nSPS) is 21.6.